The molecule has 0 aliphatic heterocycles. The van der Waals surface area contributed by atoms with Gasteiger partial charge in [-0.3, -0.25) is 9.78 Å². The summed E-state index contributed by atoms with van der Waals surface area (Å²) >= 11 is 5.53. The largest absolute Gasteiger partial charge is 0.298 e. The van der Waals surface area contributed by atoms with Crippen LogP contribution in [0.5, 0.6) is 0 Å². The topological polar surface area (TPSA) is 53.8 Å². The predicted molar refractivity (Wildman–Crippen MR) is 44.3 cm³/mol. The number of pyridine rings is 1. The van der Waals surface area contributed by atoms with Gasteiger partial charge < -0.3 is 0 Å². The lowest BCUT2D eigenvalue weighted by Crippen LogP contribution is -2.00. The van der Waals surface area contributed by atoms with E-state index in [0.29, 0.717) is 0 Å². The molecule has 0 N–H and O–H groups in total. The van der Waals surface area contributed by atoms with E-state index in [2.05, 4.69) is 4.98 Å². The number of aromatic nitrogens is 1. The molecule has 0 radical (unpaired) electrons. The van der Waals surface area contributed by atoms with E-state index >= 15 is 0 Å². The minimum Gasteiger partial charge on any atom is -0.298 e. The lowest BCUT2D eigenvalue weighted by atomic mass is 10.1. The SMILES string of the molecule is N#Cc1cnc(C(F)F)c(C=O)c1Cl. The van der Waals surface area contributed by atoms with E-state index in [1.54, 1.807) is 6.07 Å². The van der Waals surface area contributed by atoms with E-state index in [9.17, 15) is 13.6 Å². The number of halogens is 3. The van der Waals surface area contributed by atoms with Crippen LogP contribution >= 0.6 is 11.6 Å². The van der Waals surface area contributed by atoms with Crippen molar-refractivity contribution in [2.75, 3.05) is 0 Å². The zero-order valence-corrected chi connectivity index (χ0v) is 7.42. The molecule has 0 aromatic carbocycles. The molecule has 0 saturated heterocycles. The van der Waals surface area contributed by atoms with Crippen molar-refractivity contribution in [3.8, 4) is 6.07 Å². The highest BCUT2D eigenvalue weighted by molar-refractivity contribution is 6.34. The molecule has 1 aromatic heterocycles. The number of nitrogens with zero attached hydrogens (tertiary/aromatic N) is 2. The van der Waals surface area contributed by atoms with Gasteiger partial charge in [-0.25, -0.2) is 8.78 Å². The lowest BCUT2D eigenvalue weighted by molar-refractivity contribution is 0.110. The molecular weight excluding hydrogens is 214 g/mol. The van der Waals surface area contributed by atoms with Crippen molar-refractivity contribution in [1.82, 2.24) is 4.98 Å². The molecule has 1 aromatic rings. The molecule has 1 rings (SSSR count). The number of aldehydes is 1. The minimum absolute atomic E-state index is 0.0989. The Kier molecular flexibility index (Phi) is 3.10. The zero-order chi connectivity index (χ0) is 10.7. The number of hydrogen-bond acceptors (Lipinski definition) is 3. The van der Waals surface area contributed by atoms with Crippen LogP contribution in [0.25, 0.3) is 0 Å². The van der Waals surface area contributed by atoms with E-state index in [0.717, 1.165) is 6.20 Å². The van der Waals surface area contributed by atoms with Crippen molar-refractivity contribution < 1.29 is 13.6 Å². The number of hydrogen-bond donors (Lipinski definition) is 0. The molecule has 0 aliphatic rings. The molecule has 0 amide bonds. The minimum atomic E-state index is -2.89. The van der Waals surface area contributed by atoms with Crippen LogP contribution in [0, 0.1) is 11.3 Å². The lowest BCUT2D eigenvalue weighted by Gasteiger charge is -2.04. The van der Waals surface area contributed by atoms with Gasteiger partial charge in [-0.1, -0.05) is 11.6 Å². The smallest absolute Gasteiger partial charge is 0.281 e. The summed E-state index contributed by atoms with van der Waals surface area (Å²) in [6.07, 6.45) is -1.81. The Hall–Kier alpha value is -1.54. The van der Waals surface area contributed by atoms with Gasteiger partial charge in [0.15, 0.2) is 6.29 Å². The standard InChI is InChI=1S/C8H3ClF2N2O/c9-6-4(1-12)2-13-7(8(10)11)5(6)3-14/h2-3,8H. The second-order valence-corrected chi connectivity index (χ2v) is 2.69. The maximum atomic E-state index is 12.3. The molecule has 3 nitrogen and oxygen atoms in total. The fourth-order valence-electron chi connectivity index (χ4n) is 0.882. The third-order valence-electron chi connectivity index (χ3n) is 1.53. The molecular formula is C8H3ClF2N2O. The molecule has 0 fully saturated rings. The molecule has 72 valence electrons. The highest BCUT2D eigenvalue weighted by atomic mass is 35.5. The van der Waals surface area contributed by atoms with Crippen molar-refractivity contribution in [2.45, 2.75) is 6.43 Å². The Balaban J connectivity index is 3.45. The Morgan fingerprint density at radius 1 is 1.64 bits per heavy atom. The van der Waals surface area contributed by atoms with Crippen LogP contribution < -0.4 is 0 Å². The summed E-state index contributed by atoms with van der Waals surface area (Å²) in [6.45, 7) is 0. The van der Waals surface area contributed by atoms with Gasteiger partial charge in [0.05, 0.1) is 16.1 Å². The van der Waals surface area contributed by atoms with Crippen molar-refractivity contribution in [2.24, 2.45) is 0 Å². The van der Waals surface area contributed by atoms with E-state index in [1.165, 1.54) is 0 Å². The van der Waals surface area contributed by atoms with Crippen LogP contribution in [0.4, 0.5) is 8.78 Å². The Labute approximate surface area is 82.9 Å². The predicted octanol–water partition coefficient (Wildman–Crippen LogP) is 2.36. The fraction of sp³-hybridized carbons (Fsp3) is 0.125. The number of carbonyl (C=O) groups excluding carboxylic acids is 1. The summed E-state index contributed by atoms with van der Waals surface area (Å²) in [5.74, 6) is 0. The van der Waals surface area contributed by atoms with Gasteiger partial charge in [-0.2, -0.15) is 5.26 Å². The summed E-state index contributed by atoms with van der Waals surface area (Å²) in [6, 6.07) is 1.64. The summed E-state index contributed by atoms with van der Waals surface area (Å²) in [5, 5.41) is 8.21. The first-order valence-corrected chi connectivity index (χ1v) is 3.81. The average Bonchev–Trinajstić information content (AvgIpc) is 2.17. The maximum Gasteiger partial charge on any atom is 0.281 e. The van der Waals surface area contributed by atoms with Crippen LogP contribution in [-0.2, 0) is 0 Å². The Bertz CT molecular complexity index is 415. The van der Waals surface area contributed by atoms with Gasteiger partial charge in [0.25, 0.3) is 6.43 Å². The van der Waals surface area contributed by atoms with Crippen molar-refractivity contribution in [1.29, 1.82) is 5.26 Å². The van der Waals surface area contributed by atoms with Crippen LogP contribution in [0.1, 0.15) is 28.0 Å². The number of rotatable bonds is 2. The van der Waals surface area contributed by atoms with E-state index < -0.39 is 17.7 Å². The van der Waals surface area contributed by atoms with Gasteiger partial charge in [-0.05, 0) is 0 Å². The van der Waals surface area contributed by atoms with Gasteiger partial charge in [-0.15, -0.1) is 0 Å². The Morgan fingerprint density at radius 2 is 2.29 bits per heavy atom. The Morgan fingerprint density at radius 3 is 2.71 bits per heavy atom. The molecule has 14 heavy (non-hydrogen) atoms. The zero-order valence-electron chi connectivity index (χ0n) is 6.67. The van der Waals surface area contributed by atoms with Crippen LogP contribution in [0.15, 0.2) is 6.20 Å². The van der Waals surface area contributed by atoms with E-state index in [4.69, 9.17) is 16.9 Å². The highest BCUT2D eigenvalue weighted by Gasteiger charge is 2.19. The molecule has 1 heterocycles. The fourth-order valence-corrected chi connectivity index (χ4v) is 1.11. The third-order valence-corrected chi connectivity index (χ3v) is 1.93. The van der Waals surface area contributed by atoms with E-state index in [-0.39, 0.29) is 16.9 Å². The number of alkyl halides is 2. The van der Waals surface area contributed by atoms with Crippen LogP contribution in [0.3, 0.4) is 0 Å². The summed E-state index contributed by atoms with van der Waals surface area (Å²) in [4.78, 5) is 13.7. The first-order valence-electron chi connectivity index (χ1n) is 3.43. The van der Waals surface area contributed by atoms with Gasteiger partial charge in [0, 0.05) is 6.20 Å². The van der Waals surface area contributed by atoms with Crippen LogP contribution in [0.2, 0.25) is 5.02 Å². The number of carbonyl (C=O) groups is 1. The summed E-state index contributed by atoms with van der Waals surface area (Å²) < 4.78 is 24.5. The molecule has 0 spiro atoms. The summed E-state index contributed by atoms with van der Waals surface area (Å²) in [7, 11) is 0. The van der Waals surface area contributed by atoms with Gasteiger partial charge in [0.2, 0.25) is 0 Å². The van der Waals surface area contributed by atoms with Gasteiger partial charge >= 0.3 is 0 Å². The average molecular weight is 217 g/mol. The normalized spacial score (nSPS) is 9.93. The highest BCUT2D eigenvalue weighted by Crippen LogP contribution is 2.27. The number of nitriles is 1. The van der Waals surface area contributed by atoms with Crippen molar-refractivity contribution in [3.63, 3.8) is 0 Å². The van der Waals surface area contributed by atoms with Crippen LogP contribution in [-0.4, -0.2) is 11.3 Å². The summed E-state index contributed by atoms with van der Waals surface area (Å²) in [5.41, 5.74) is -1.23. The van der Waals surface area contributed by atoms with Crippen molar-refractivity contribution >= 4 is 17.9 Å². The molecule has 0 atom stereocenters. The molecule has 0 saturated carbocycles. The second kappa shape index (κ2) is 4.11. The first-order chi connectivity index (χ1) is 6.61. The quantitative estimate of drug-likeness (QED) is 0.713. The molecule has 6 heteroatoms. The monoisotopic (exact) mass is 216 g/mol. The third kappa shape index (κ3) is 1.70. The molecule has 0 unspecified atom stereocenters. The first kappa shape index (κ1) is 10.5. The maximum absolute atomic E-state index is 12.3. The van der Waals surface area contributed by atoms with E-state index in [1.807, 2.05) is 0 Å². The molecule has 0 bridgehead atoms. The molecule has 0 aliphatic carbocycles. The second-order valence-electron chi connectivity index (χ2n) is 2.32. The van der Waals surface area contributed by atoms with Gasteiger partial charge in [0.1, 0.15) is 11.8 Å². The van der Waals surface area contributed by atoms with Crippen molar-refractivity contribution in [3.05, 3.63) is 28.0 Å².